The Bertz CT molecular complexity index is 690. The molecule has 0 bridgehead atoms. The van der Waals surface area contributed by atoms with E-state index in [1.807, 2.05) is 32.9 Å². The van der Waals surface area contributed by atoms with Crippen molar-refractivity contribution < 1.29 is 9.59 Å². The molecular formula is C19H27N5O2. The molecule has 2 rings (SSSR count). The topological polar surface area (TPSA) is 88.5 Å². The van der Waals surface area contributed by atoms with E-state index in [4.69, 9.17) is 0 Å². The maximum Gasteiger partial charge on any atom is 0.321 e. The first-order valence-corrected chi connectivity index (χ1v) is 9.02. The van der Waals surface area contributed by atoms with E-state index < -0.39 is 0 Å². The second-order valence-corrected chi connectivity index (χ2v) is 6.68. The van der Waals surface area contributed by atoms with E-state index in [-0.39, 0.29) is 18.0 Å². The molecule has 0 radical (unpaired) electrons. The predicted molar refractivity (Wildman–Crippen MR) is 101 cm³/mol. The minimum absolute atomic E-state index is 0.0238. The number of hydrogen-bond donors (Lipinski definition) is 2. The van der Waals surface area contributed by atoms with Crippen molar-refractivity contribution in [1.82, 2.24) is 15.1 Å². The number of amides is 3. The van der Waals surface area contributed by atoms with Gasteiger partial charge in [-0.3, -0.25) is 9.69 Å². The number of hydrogen-bond acceptors (Lipinski definition) is 4. The first-order valence-electron chi connectivity index (χ1n) is 9.02. The second kappa shape index (κ2) is 9.20. The Morgan fingerprint density at radius 3 is 2.58 bits per heavy atom. The molecule has 26 heavy (non-hydrogen) atoms. The molecule has 1 aromatic carbocycles. The lowest BCUT2D eigenvalue weighted by Gasteiger charge is -2.34. The third kappa shape index (κ3) is 5.20. The van der Waals surface area contributed by atoms with Gasteiger partial charge in [0.25, 0.3) is 0 Å². The summed E-state index contributed by atoms with van der Waals surface area (Å²) in [5.74, 6) is 0.0238. The molecule has 0 aliphatic carbocycles. The van der Waals surface area contributed by atoms with Crippen LogP contribution < -0.4 is 10.6 Å². The van der Waals surface area contributed by atoms with Gasteiger partial charge in [0.05, 0.1) is 17.8 Å². The quantitative estimate of drug-likeness (QED) is 0.843. The number of benzene rings is 1. The monoisotopic (exact) mass is 357 g/mol. The fourth-order valence-corrected chi connectivity index (χ4v) is 2.85. The summed E-state index contributed by atoms with van der Waals surface area (Å²) >= 11 is 0. The van der Waals surface area contributed by atoms with Crippen molar-refractivity contribution in [2.75, 3.05) is 38.0 Å². The summed E-state index contributed by atoms with van der Waals surface area (Å²) in [4.78, 5) is 28.2. The number of carbonyl (C=O) groups excluding carboxylic acids is 2. The van der Waals surface area contributed by atoms with E-state index in [9.17, 15) is 14.9 Å². The zero-order valence-electron chi connectivity index (χ0n) is 15.7. The van der Waals surface area contributed by atoms with Crippen LogP contribution in [0.1, 0.15) is 31.4 Å². The van der Waals surface area contributed by atoms with Crippen LogP contribution in [-0.2, 0) is 4.79 Å². The van der Waals surface area contributed by atoms with Gasteiger partial charge in [-0.15, -0.1) is 0 Å². The van der Waals surface area contributed by atoms with Gasteiger partial charge in [-0.25, -0.2) is 4.79 Å². The van der Waals surface area contributed by atoms with E-state index in [1.165, 1.54) is 0 Å². The SMILES string of the molecule is CC[C@@H](C)NC(=O)CN1CCN(C(=O)Nc2cccc(C)c2C#N)CC1. The van der Waals surface area contributed by atoms with E-state index in [0.29, 0.717) is 44.0 Å². The number of nitriles is 1. The molecule has 1 aliphatic heterocycles. The molecule has 3 amide bonds. The number of rotatable bonds is 5. The highest BCUT2D eigenvalue weighted by molar-refractivity contribution is 5.91. The predicted octanol–water partition coefficient (Wildman–Crippen LogP) is 1.93. The number of nitrogens with one attached hydrogen (secondary N) is 2. The fraction of sp³-hybridized carbons (Fsp3) is 0.526. The van der Waals surface area contributed by atoms with Gasteiger partial charge < -0.3 is 15.5 Å². The molecule has 1 fully saturated rings. The van der Waals surface area contributed by atoms with Crippen molar-refractivity contribution in [3.8, 4) is 6.07 Å². The van der Waals surface area contributed by atoms with Crippen LogP contribution in [0, 0.1) is 18.3 Å². The first-order chi connectivity index (χ1) is 12.4. The average Bonchev–Trinajstić information content (AvgIpc) is 2.62. The Kier molecular flexibility index (Phi) is 6.98. The number of anilines is 1. The van der Waals surface area contributed by atoms with Crippen molar-refractivity contribution in [1.29, 1.82) is 5.26 Å². The van der Waals surface area contributed by atoms with Gasteiger partial charge in [0.15, 0.2) is 0 Å². The Labute approximate surface area is 155 Å². The molecule has 2 N–H and O–H groups in total. The maximum atomic E-state index is 12.5. The third-order valence-corrected chi connectivity index (χ3v) is 4.67. The molecule has 7 heteroatoms. The lowest BCUT2D eigenvalue weighted by Crippen LogP contribution is -2.52. The molecule has 0 spiro atoms. The van der Waals surface area contributed by atoms with E-state index in [0.717, 1.165) is 12.0 Å². The lowest BCUT2D eigenvalue weighted by atomic mass is 10.1. The summed E-state index contributed by atoms with van der Waals surface area (Å²) in [7, 11) is 0. The zero-order valence-corrected chi connectivity index (χ0v) is 15.7. The Balaban J connectivity index is 1.84. The van der Waals surface area contributed by atoms with Crippen LogP contribution in [0.4, 0.5) is 10.5 Å². The molecule has 0 unspecified atom stereocenters. The van der Waals surface area contributed by atoms with Crippen LogP contribution in [0.3, 0.4) is 0 Å². The molecule has 0 aromatic heterocycles. The number of urea groups is 1. The standard InChI is InChI=1S/C19H27N5O2/c1-4-15(3)21-18(25)13-23-8-10-24(11-9-23)19(26)22-17-7-5-6-14(2)16(17)12-20/h5-7,15H,4,8-11,13H2,1-3H3,(H,21,25)(H,22,26)/t15-/m1/s1. The van der Waals surface area contributed by atoms with Gasteiger partial charge in [-0.2, -0.15) is 5.26 Å². The van der Waals surface area contributed by atoms with Gasteiger partial charge in [0, 0.05) is 32.2 Å². The Morgan fingerprint density at radius 2 is 1.96 bits per heavy atom. The highest BCUT2D eigenvalue weighted by Gasteiger charge is 2.23. The molecule has 1 atom stereocenters. The summed E-state index contributed by atoms with van der Waals surface area (Å²) in [6, 6.07) is 7.50. The Morgan fingerprint density at radius 1 is 1.27 bits per heavy atom. The molecule has 1 aromatic rings. The summed E-state index contributed by atoms with van der Waals surface area (Å²) in [5.41, 5.74) is 1.86. The van der Waals surface area contributed by atoms with E-state index in [2.05, 4.69) is 21.6 Å². The van der Waals surface area contributed by atoms with Crippen LogP contribution in [0.5, 0.6) is 0 Å². The first kappa shape index (κ1) is 19.7. The van der Waals surface area contributed by atoms with Crippen molar-refractivity contribution in [3.05, 3.63) is 29.3 Å². The second-order valence-electron chi connectivity index (χ2n) is 6.68. The van der Waals surface area contributed by atoms with Gasteiger partial charge in [-0.05, 0) is 31.9 Å². The maximum absolute atomic E-state index is 12.5. The third-order valence-electron chi connectivity index (χ3n) is 4.67. The molecule has 1 aliphatic rings. The van der Waals surface area contributed by atoms with Crippen LogP contribution >= 0.6 is 0 Å². The average molecular weight is 357 g/mol. The van der Waals surface area contributed by atoms with Crippen molar-refractivity contribution >= 4 is 17.6 Å². The number of piperazine rings is 1. The van der Waals surface area contributed by atoms with Crippen LogP contribution in [0.2, 0.25) is 0 Å². The lowest BCUT2D eigenvalue weighted by molar-refractivity contribution is -0.123. The number of aryl methyl sites for hydroxylation is 1. The van der Waals surface area contributed by atoms with Gasteiger partial charge in [0.1, 0.15) is 6.07 Å². The molecule has 140 valence electrons. The molecule has 1 heterocycles. The van der Waals surface area contributed by atoms with E-state index >= 15 is 0 Å². The Hall–Kier alpha value is -2.59. The summed E-state index contributed by atoms with van der Waals surface area (Å²) in [5, 5.41) is 15.0. The number of carbonyl (C=O) groups is 2. The van der Waals surface area contributed by atoms with E-state index in [1.54, 1.807) is 11.0 Å². The highest BCUT2D eigenvalue weighted by Crippen LogP contribution is 2.19. The number of nitrogens with zero attached hydrogens (tertiary/aromatic N) is 3. The van der Waals surface area contributed by atoms with Crippen LogP contribution in [0.25, 0.3) is 0 Å². The van der Waals surface area contributed by atoms with Gasteiger partial charge in [-0.1, -0.05) is 19.1 Å². The molecular weight excluding hydrogens is 330 g/mol. The summed E-state index contributed by atoms with van der Waals surface area (Å²) in [6.07, 6.45) is 0.906. The van der Waals surface area contributed by atoms with Crippen LogP contribution in [0.15, 0.2) is 18.2 Å². The molecule has 1 saturated heterocycles. The summed E-state index contributed by atoms with van der Waals surface area (Å²) in [6.45, 7) is 8.63. The molecule has 0 saturated carbocycles. The van der Waals surface area contributed by atoms with Gasteiger partial charge >= 0.3 is 6.03 Å². The van der Waals surface area contributed by atoms with Gasteiger partial charge in [0.2, 0.25) is 5.91 Å². The fourth-order valence-electron chi connectivity index (χ4n) is 2.85. The summed E-state index contributed by atoms with van der Waals surface area (Å²) < 4.78 is 0. The normalized spacial score (nSPS) is 15.8. The minimum Gasteiger partial charge on any atom is -0.353 e. The van der Waals surface area contributed by atoms with Crippen LogP contribution in [-0.4, -0.2) is 60.5 Å². The smallest absolute Gasteiger partial charge is 0.321 e. The van der Waals surface area contributed by atoms with Crippen molar-refractivity contribution in [2.24, 2.45) is 0 Å². The largest absolute Gasteiger partial charge is 0.353 e. The zero-order chi connectivity index (χ0) is 19.1. The van der Waals surface area contributed by atoms with Crippen molar-refractivity contribution in [3.63, 3.8) is 0 Å². The van der Waals surface area contributed by atoms with Crippen molar-refractivity contribution in [2.45, 2.75) is 33.2 Å². The minimum atomic E-state index is -0.212. The molecule has 7 nitrogen and oxygen atoms in total. The highest BCUT2D eigenvalue weighted by atomic mass is 16.2.